The number of rotatable bonds is 9. The molecule has 0 aromatic heterocycles. The van der Waals surface area contributed by atoms with Gasteiger partial charge in [-0.2, -0.15) is 0 Å². The number of aliphatic hydroxyl groups is 1. The van der Waals surface area contributed by atoms with Gasteiger partial charge in [-0.1, -0.05) is 13.8 Å². The van der Waals surface area contributed by atoms with Crippen molar-refractivity contribution in [3.05, 3.63) is 18.2 Å². The van der Waals surface area contributed by atoms with Gasteiger partial charge in [0.2, 0.25) is 0 Å². The molecular formula is C18H32IN3O3. The van der Waals surface area contributed by atoms with Gasteiger partial charge < -0.3 is 25.2 Å². The van der Waals surface area contributed by atoms with Crippen LogP contribution in [0.4, 0.5) is 5.69 Å². The molecule has 0 aliphatic carbocycles. The Kier molecular flexibility index (Phi) is 11.6. The maximum atomic E-state index is 9.69. The van der Waals surface area contributed by atoms with Crippen LogP contribution in [0.2, 0.25) is 0 Å². The Hall–Kier alpha value is -1.22. The Morgan fingerprint density at radius 2 is 1.76 bits per heavy atom. The summed E-state index contributed by atoms with van der Waals surface area (Å²) in [6, 6.07) is 5.62. The topological polar surface area (TPSA) is 75.1 Å². The largest absolute Gasteiger partial charge is 0.493 e. The van der Waals surface area contributed by atoms with Crippen LogP contribution in [0.3, 0.4) is 0 Å². The van der Waals surface area contributed by atoms with E-state index in [1.54, 1.807) is 14.2 Å². The van der Waals surface area contributed by atoms with Crippen molar-refractivity contribution in [2.24, 2.45) is 10.4 Å². The van der Waals surface area contributed by atoms with Crippen LogP contribution in [-0.2, 0) is 0 Å². The molecule has 0 bridgehead atoms. The first-order chi connectivity index (χ1) is 11.6. The summed E-state index contributed by atoms with van der Waals surface area (Å²) in [5, 5.41) is 16.2. The smallest absolute Gasteiger partial charge is 0.195 e. The highest BCUT2D eigenvalue weighted by atomic mass is 127. The lowest BCUT2D eigenvalue weighted by atomic mass is 9.83. The van der Waals surface area contributed by atoms with Gasteiger partial charge in [-0.3, -0.25) is 4.99 Å². The Morgan fingerprint density at radius 1 is 1.12 bits per heavy atom. The number of aliphatic hydroxyl groups excluding tert-OH is 1. The zero-order valence-corrected chi connectivity index (χ0v) is 18.2. The Morgan fingerprint density at radius 3 is 2.24 bits per heavy atom. The fourth-order valence-electron chi connectivity index (χ4n) is 2.35. The molecule has 1 aromatic carbocycles. The average molecular weight is 465 g/mol. The van der Waals surface area contributed by atoms with Gasteiger partial charge in [0, 0.05) is 23.7 Å². The lowest BCUT2D eigenvalue weighted by Gasteiger charge is -2.27. The minimum Gasteiger partial charge on any atom is -0.493 e. The molecule has 0 amide bonds. The minimum atomic E-state index is -0.167. The number of nitrogens with one attached hydrogen (secondary N) is 2. The molecule has 7 heteroatoms. The zero-order valence-electron chi connectivity index (χ0n) is 15.9. The number of guanidine groups is 1. The van der Waals surface area contributed by atoms with Gasteiger partial charge in [-0.25, -0.2) is 0 Å². The lowest BCUT2D eigenvalue weighted by molar-refractivity contribution is 0.123. The van der Waals surface area contributed by atoms with Gasteiger partial charge in [-0.15, -0.1) is 24.0 Å². The van der Waals surface area contributed by atoms with Gasteiger partial charge in [0.05, 0.1) is 27.4 Å². The van der Waals surface area contributed by atoms with Crippen LogP contribution in [0.25, 0.3) is 0 Å². The maximum Gasteiger partial charge on any atom is 0.195 e. The van der Waals surface area contributed by atoms with Crippen LogP contribution in [0.15, 0.2) is 23.2 Å². The molecule has 6 nitrogen and oxygen atoms in total. The highest BCUT2D eigenvalue weighted by molar-refractivity contribution is 14.0. The third kappa shape index (κ3) is 6.89. The molecule has 144 valence electrons. The van der Waals surface area contributed by atoms with E-state index in [0.717, 1.165) is 25.1 Å². The van der Waals surface area contributed by atoms with E-state index in [1.807, 2.05) is 25.1 Å². The molecule has 0 atom stereocenters. The standard InChI is InChI=1S/C18H31N3O3.HI/c1-6-18(7-2,13-22)12-20-17(19-8-3)21-14-9-10-15(23-4)16(11-14)24-5;/h9-11,22H,6-8,12-13H2,1-5H3,(H2,19,20,21);1H. The molecule has 1 aromatic rings. The van der Waals surface area contributed by atoms with Gasteiger partial charge in [-0.05, 0) is 31.9 Å². The van der Waals surface area contributed by atoms with Crippen molar-refractivity contribution in [2.75, 3.05) is 39.2 Å². The van der Waals surface area contributed by atoms with Crippen LogP contribution in [0.1, 0.15) is 33.6 Å². The first-order valence-electron chi connectivity index (χ1n) is 8.46. The zero-order chi connectivity index (χ0) is 18.0. The summed E-state index contributed by atoms with van der Waals surface area (Å²) >= 11 is 0. The highest BCUT2D eigenvalue weighted by Crippen LogP contribution is 2.30. The van der Waals surface area contributed by atoms with E-state index in [2.05, 4.69) is 29.5 Å². The monoisotopic (exact) mass is 465 g/mol. The molecular weight excluding hydrogens is 433 g/mol. The van der Waals surface area contributed by atoms with Crippen LogP contribution >= 0.6 is 24.0 Å². The Bertz CT molecular complexity index is 526. The van der Waals surface area contributed by atoms with Crippen LogP contribution in [0.5, 0.6) is 11.5 Å². The van der Waals surface area contributed by atoms with Crippen molar-refractivity contribution in [3.63, 3.8) is 0 Å². The predicted octanol–water partition coefficient (Wildman–Crippen LogP) is 3.50. The van der Waals surface area contributed by atoms with E-state index in [-0.39, 0.29) is 36.0 Å². The number of benzene rings is 1. The number of hydrogen-bond donors (Lipinski definition) is 3. The third-order valence-corrected chi connectivity index (χ3v) is 4.40. The molecule has 0 fully saturated rings. The van der Waals surface area contributed by atoms with E-state index in [9.17, 15) is 5.11 Å². The molecule has 0 aliphatic rings. The van der Waals surface area contributed by atoms with Crippen LogP contribution < -0.4 is 20.1 Å². The van der Waals surface area contributed by atoms with Crippen molar-refractivity contribution in [2.45, 2.75) is 33.6 Å². The number of aliphatic imine (C=N–C) groups is 1. The van der Waals surface area contributed by atoms with Gasteiger partial charge in [0.15, 0.2) is 17.5 Å². The Labute approximate surface area is 168 Å². The second-order valence-electron chi connectivity index (χ2n) is 5.76. The average Bonchev–Trinajstić information content (AvgIpc) is 2.63. The summed E-state index contributed by atoms with van der Waals surface area (Å²) in [4.78, 5) is 4.65. The maximum absolute atomic E-state index is 9.69. The lowest BCUT2D eigenvalue weighted by Crippen LogP contribution is -2.34. The van der Waals surface area contributed by atoms with E-state index >= 15 is 0 Å². The molecule has 1 rings (SSSR count). The molecule has 3 N–H and O–H groups in total. The van der Waals surface area contributed by atoms with E-state index in [4.69, 9.17) is 9.47 Å². The number of ether oxygens (including phenoxy) is 2. The van der Waals surface area contributed by atoms with Crippen LogP contribution in [0, 0.1) is 5.41 Å². The van der Waals surface area contributed by atoms with Gasteiger partial charge >= 0.3 is 0 Å². The van der Waals surface area contributed by atoms with Gasteiger partial charge in [0.1, 0.15) is 0 Å². The molecule has 0 saturated heterocycles. The quantitative estimate of drug-likeness (QED) is 0.296. The SMILES string of the molecule is CCNC(=NCC(CC)(CC)CO)Nc1ccc(OC)c(OC)c1.I. The number of halogens is 1. The number of hydrogen-bond acceptors (Lipinski definition) is 4. The molecule has 0 unspecified atom stereocenters. The third-order valence-electron chi connectivity index (χ3n) is 4.40. The molecule has 0 radical (unpaired) electrons. The minimum absolute atomic E-state index is 0. The molecule has 0 saturated carbocycles. The van der Waals surface area contributed by atoms with Crippen molar-refractivity contribution in [3.8, 4) is 11.5 Å². The normalized spacial score (nSPS) is 11.5. The summed E-state index contributed by atoms with van der Waals surface area (Å²) in [5.74, 6) is 2.02. The summed E-state index contributed by atoms with van der Waals surface area (Å²) in [6.45, 7) is 7.65. The second-order valence-corrected chi connectivity index (χ2v) is 5.76. The Balaban J connectivity index is 0.00000576. The van der Waals surface area contributed by atoms with E-state index < -0.39 is 0 Å². The highest BCUT2D eigenvalue weighted by Gasteiger charge is 2.25. The van der Waals surface area contributed by atoms with Crippen molar-refractivity contribution in [1.29, 1.82) is 0 Å². The molecule has 0 aliphatic heterocycles. The van der Waals surface area contributed by atoms with Crippen LogP contribution in [-0.4, -0.2) is 45.0 Å². The first-order valence-corrected chi connectivity index (χ1v) is 8.46. The molecule has 0 heterocycles. The fraction of sp³-hybridized carbons (Fsp3) is 0.611. The number of nitrogens with zero attached hydrogens (tertiary/aromatic N) is 1. The van der Waals surface area contributed by atoms with E-state index in [1.165, 1.54) is 0 Å². The summed E-state index contributed by atoms with van der Waals surface area (Å²) in [5.41, 5.74) is 0.690. The van der Waals surface area contributed by atoms with Crippen molar-refractivity contribution >= 4 is 35.6 Å². The molecule has 0 spiro atoms. The second kappa shape index (κ2) is 12.2. The summed E-state index contributed by atoms with van der Waals surface area (Å²) < 4.78 is 10.6. The molecule has 25 heavy (non-hydrogen) atoms. The summed E-state index contributed by atoms with van der Waals surface area (Å²) in [6.07, 6.45) is 1.78. The van der Waals surface area contributed by atoms with Crippen molar-refractivity contribution < 1.29 is 14.6 Å². The number of methoxy groups -OCH3 is 2. The predicted molar refractivity (Wildman–Crippen MR) is 115 cm³/mol. The number of anilines is 1. The van der Waals surface area contributed by atoms with E-state index in [0.29, 0.717) is 24.0 Å². The van der Waals surface area contributed by atoms with Gasteiger partial charge in [0.25, 0.3) is 0 Å². The fourth-order valence-corrected chi connectivity index (χ4v) is 2.35. The first kappa shape index (κ1) is 23.8. The summed E-state index contributed by atoms with van der Waals surface area (Å²) in [7, 11) is 3.22. The van der Waals surface area contributed by atoms with Crippen molar-refractivity contribution in [1.82, 2.24) is 5.32 Å².